The maximum absolute atomic E-state index is 2.66. The van der Waals surface area contributed by atoms with Crippen LogP contribution >= 0.6 is 0 Å². The predicted molar refractivity (Wildman–Crippen MR) is 340 cm³/mol. The Bertz CT molecular complexity index is 3810. The molecule has 0 N–H and O–H groups in total. The van der Waals surface area contributed by atoms with Crippen molar-refractivity contribution in [2.75, 3.05) is 9.80 Å². The van der Waals surface area contributed by atoms with Gasteiger partial charge in [-0.25, -0.2) is 0 Å². The summed E-state index contributed by atoms with van der Waals surface area (Å²) in [5.41, 5.74) is 27.2. The monoisotopic (exact) mass is 1020 g/mol. The fourth-order valence-corrected chi connectivity index (χ4v) is 13.5. The van der Waals surface area contributed by atoms with Crippen LogP contribution in [0.1, 0.15) is 176 Å². The SMILES string of the molecule is CCC(C)(C)c1ccc(N2c3ccc(C(C)(C)CC)cc3B3c4c2cccc4N(c2ccc(C(C)(C)CC)cc2)c2cc(-n4c5ccc(C(C)(C)C)cc5c5cc(C(C)(C)C)ccc54)c4c(c23)C(C)(C)c2ccccc2-4)cc1. The highest BCUT2D eigenvalue weighted by Gasteiger charge is 2.50. The lowest BCUT2D eigenvalue weighted by Gasteiger charge is -2.46. The molecule has 0 atom stereocenters. The van der Waals surface area contributed by atoms with E-state index in [1.165, 1.54) is 128 Å². The molecule has 3 nitrogen and oxygen atoms in total. The average molecular weight is 1020 g/mol. The standard InChI is InChI=1S/C74H82BN3/c1-18-71(10,11)46-28-35-51(36-29-46)76-60-41-34-50(73(14,15)20-3)44-57(60)75-67-61(76)26-23-27-62(67)77(52-37-30-47(31-38-52)72(12,13)19-2)64-45-63(65-53-24-21-22-25-56(53)74(16,17)66(65)68(64)75)78-58-39-32-48(69(4,5)6)42-54(58)55-43-49(70(7,8)9)33-40-59(55)78/h21-45H,18-20H2,1-17H3. The largest absolute Gasteiger partial charge is 0.311 e. The molecule has 4 heteroatoms. The highest BCUT2D eigenvalue weighted by atomic mass is 15.2. The first kappa shape index (κ1) is 52.0. The van der Waals surface area contributed by atoms with Gasteiger partial charge in [-0.3, -0.25) is 0 Å². The van der Waals surface area contributed by atoms with Crippen LogP contribution in [-0.2, 0) is 32.5 Å². The second-order valence-corrected chi connectivity index (χ2v) is 27.9. The number of rotatable bonds is 9. The molecule has 0 saturated carbocycles. The van der Waals surface area contributed by atoms with Gasteiger partial charge in [0.25, 0.3) is 6.71 Å². The second-order valence-electron chi connectivity index (χ2n) is 27.9. The van der Waals surface area contributed by atoms with E-state index in [0.29, 0.717) is 0 Å². The third-order valence-electron chi connectivity index (χ3n) is 19.7. The molecule has 9 aromatic rings. The highest BCUT2D eigenvalue weighted by Crippen LogP contribution is 2.56. The van der Waals surface area contributed by atoms with E-state index in [1.54, 1.807) is 0 Å². The maximum atomic E-state index is 2.66. The summed E-state index contributed by atoms with van der Waals surface area (Å²) in [7, 11) is 0. The second kappa shape index (κ2) is 17.6. The van der Waals surface area contributed by atoms with Gasteiger partial charge in [0, 0.05) is 55.9 Å². The van der Waals surface area contributed by atoms with E-state index in [-0.39, 0.29) is 39.2 Å². The minimum atomic E-state index is -0.351. The van der Waals surface area contributed by atoms with Gasteiger partial charge in [-0.1, -0.05) is 197 Å². The summed E-state index contributed by atoms with van der Waals surface area (Å²) in [6.45, 7) is 40.3. The molecule has 0 fully saturated rings. The number of anilines is 6. The lowest BCUT2D eigenvalue weighted by molar-refractivity contribution is 0.506. The quantitative estimate of drug-likeness (QED) is 0.134. The molecular weight excluding hydrogens is 942 g/mol. The fraction of sp³-hybridized carbons (Fsp3) is 0.351. The van der Waals surface area contributed by atoms with Crippen molar-refractivity contribution in [2.45, 2.75) is 169 Å². The molecule has 1 aromatic heterocycles. The third kappa shape index (κ3) is 7.73. The summed E-state index contributed by atoms with van der Waals surface area (Å²) >= 11 is 0. The first-order valence-corrected chi connectivity index (χ1v) is 29.3. The van der Waals surface area contributed by atoms with Gasteiger partial charge in [-0.2, -0.15) is 0 Å². The van der Waals surface area contributed by atoms with Gasteiger partial charge in [0.1, 0.15) is 0 Å². The molecule has 3 aliphatic rings. The van der Waals surface area contributed by atoms with Crippen LogP contribution in [0.5, 0.6) is 0 Å². The van der Waals surface area contributed by atoms with Crippen LogP contribution < -0.4 is 26.2 Å². The Morgan fingerprint density at radius 3 is 1.37 bits per heavy atom. The minimum Gasteiger partial charge on any atom is -0.311 e. The van der Waals surface area contributed by atoms with Crippen LogP contribution in [0.3, 0.4) is 0 Å². The van der Waals surface area contributed by atoms with Crippen LogP contribution in [0.15, 0.2) is 152 Å². The van der Waals surface area contributed by atoms with E-state index in [2.05, 4.69) is 284 Å². The minimum absolute atomic E-state index is 0.0115. The van der Waals surface area contributed by atoms with Crippen molar-refractivity contribution >= 4 is 79.0 Å². The molecule has 0 saturated heterocycles. The van der Waals surface area contributed by atoms with Gasteiger partial charge in [-0.05, 0) is 180 Å². The molecule has 0 bridgehead atoms. The summed E-state index contributed by atoms with van der Waals surface area (Å²) in [4.78, 5) is 5.26. The summed E-state index contributed by atoms with van der Waals surface area (Å²) in [5, 5.41) is 2.61. The van der Waals surface area contributed by atoms with Gasteiger partial charge in [0.15, 0.2) is 0 Å². The topological polar surface area (TPSA) is 11.4 Å². The lowest BCUT2D eigenvalue weighted by atomic mass is 9.32. The van der Waals surface area contributed by atoms with Crippen LogP contribution in [0.25, 0.3) is 38.6 Å². The molecule has 78 heavy (non-hydrogen) atoms. The van der Waals surface area contributed by atoms with Crippen molar-refractivity contribution in [3.05, 3.63) is 191 Å². The van der Waals surface area contributed by atoms with Crippen molar-refractivity contribution in [1.82, 2.24) is 4.57 Å². The number of aromatic nitrogens is 1. The van der Waals surface area contributed by atoms with E-state index in [1.807, 2.05) is 0 Å². The van der Waals surface area contributed by atoms with Crippen LogP contribution in [0.4, 0.5) is 34.1 Å². The summed E-state index contributed by atoms with van der Waals surface area (Å²) in [6, 6.07) is 60.4. The third-order valence-corrected chi connectivity index (χ3v) is 19.7. The fourth-order valence-electron chi connectivity index (χ4n) is 13.5. The van der Waals surface area contributed by atoms with E-state index in [4.69, 9.17) is 0 Å². The lowest BCUT2D eigenvalue weighted by Crippen LogP contribution is -2.63. The van der Waals surface area contributed by atoms with Gasteiger partial charge in [-0.15, -0.1) is 0 Å². The van der Waals surface area contributed by atoms with Crippen molar-refractivity contribution in [3.8, 4) is 16.8 Å². The summed E-state index contributed by atoms with van der Waals surface area (Å²) in [6.07, 6.45) is 3.18. The van der Waals surface area contributed by atoms with Gasteiger partial charge in [0.2, 0.25) is 0 Å². The molecular formula is C74H82BN3. The number of benzene rings is 8. The first-order valence-electron chi connectivity index (χ1n) is 29.3. The van der Waals surface area contributed by atoms with E-state index >= 15 is 0 Å². The Hall–Kier alpha value is -6.78. The zero-order valence-corrected chi connectivity index (χ0v) is 50.0. The maximum Gasteiger partial charge on any atom is 0.252 e. The van der Waals surface area contributed by atoms with Crippen LogP contribution in [0, 0.1) is 0 Å². The Morgan fingerprint density at radius 2 is 0.872 bits per heavy atom. The molecule has 12 rings (SSSR count). The van der Waals surface area contributed by atoms with Crippen LogP contribution in [-0.4, -0.2) is 11.3 Å². The molecule has 8 aromatic carbocycles. The molecule has 0 radical (unpaired) electrons. The number of hydrogen-bond donors (Lipinski definition) is 0. The normalized spacial score (nSPS) is 14.9. The average Bonchev–Trinajstić information content (AvgIpc) is 2.47. The van der Waals surface area contributed by atoms with E-state index in [9.17, 15) is 0 Å². The Balaban J connectivity index is 1.25. The van der Waals surface area contributed by atoms with Crippen molar-refractivity contribution in [2.24, 2.45) is 0 Å². The summed E-state index contributed by atoms with van der Waals surface area (Å²) < 4.78 is 2.65. The van der Waals surface area contributed by atoms with Crippen LogP contribution in [0.2, 0.25) is 0 Å². The first-order chi connectivity index (χ1) is 36.8. The van der Waals surface area contributed by atoms with Gasteiger partial charge in [0.05, 0.1) is 16.7 Å². The summed E-state index contributed by atoms with van der Waals surface area (Å²) in [5.74, 6) is 0. The van der Waals surface area contributed by atoms with Crippen molar-refractivity contribution in [3.63, 3.8) is 0 Å². The molecule has 0 amide bonds. The molecule has 2 aliphatic heterocycles. The van der Waals surface area contributed by atoms with E-state index in [0.717, 1.165) is 19.3 Å². The predicted octanol–water partition coefficient (Wildman–Crippen LogP) is 18.8. The Kier molecular flexibility index (Phi) is 11.7. The molecule has 0 spiro atoms. The van der Waals surface area contributed by atoms with Gasteiger partial charge >= 0.3 is 0 Å². The zero-order chi connectivity index (χ0) is 55.4. The smallest absolute Gasteiger partial charge is 0.252 e. The zero-order valence-electron chi connectivity index (χ0n) is 50.0. The van der Waals surface area contributed by atoms with Crippen molar-refractivity contribution in [1.29, 1.82) is 0 Å². The molecule has 0 unspecified atom stereocenters. The number of fused-ring (bicyclic) bond motifs is 11. The Morgan fingerprint density at radius 1 is 0.410 bits per heavy atom. The Labute approximate surface area is 467 Å². The van der Waals surface area contributed by atoms with Gasteiger partial charge < -0.3 is 14.4 Å². The number of hydrogen-bond acceptors (Lipinski definition) is 2. The molecule has 3 heterocycles. The van der Waals surface area contributed by atoms with Crippen molar-refractivity contribution < 1.29 is 0 Å². The van der Waals surface area contributed by atoms with E-state index < -0.39 is 0 Å². The number of nitrogens with zero attached hydrogens (tertiary/aromatic N) is 3. The highest BCUT2D eigenvalue weighted by molar-refractivity contribution is 7.00. The molecule has 396 valence electrons. The molecule has 1 aliphatic carbocycles.